The number of nitrogens with zero attached hydrogens (tertiary/aromatic N) is 2. The van der Waals surface area contributed by atoms with Gasteiger partial charge in [-0.2, -0.15) is 0 Å². The van der Waals surface area contributed by atoms with Gasteiger partial charge >= 0.3 is 5.97 Å². The van der Waals surface area contributed by atoms with Gasteiger partial charge in [-0.25, -0.2) is 8.42 Å². The summed E-state index contributed by atoms with van der Waals surface area (Å²) in [5.41, 5.74) is 0.887. The topological polar surface area (TPSA) is 87.6 Å². The summed E-state index contributed by atoms with van der Waals surface area (Å²) in [6.07, 6.45) is 3.82. The van der Waals surface area contributed by atoms with Crippen LogP contribution in [-0.4, -0.2) is 53.5 Å². The Morgan fingerprint density at radius 2 is 2.35 bits per heavy atom. The Kier molecular flexibility index (Phi) is 4.39. The van der Waals surface area contributed by atoms with Crippen molar-refractivity contribution in [2.24, 2.45) is 0 Å². The number of hydrogen-bond donors (Lipinski definition) is 1. The molecule has 0 radical (unpaired) electrons. The van der Waals surface area contributed by atoms with Crippen molar-refractivity contribution in [1.29, 1.82) is 0 Å². The van der Waals surface area contributed by atoms with Crippen LogP contribution in [0.25, 0.3) is 0 Å². The summed E-state index contributed by atoms with van der Waals surface area (Å²) in [5.74, 6) is -0.789. The van der Waals surface area contributed by atoms with E-state index in [1.165, 1.54) is 0 Å². The highest BCUT2D eigenvalue weighted by molar-refractivity contribution is 7.91. The number of carbonyl (C=O) groups is 1. The number of carboxylic acids is 1. The van der Waals surface area contributed by atoms with Crippen molar-refractivity contribution >= 4 is 15.8 Å². The number of hydrogen-bond acceptors (Lipinski definition) is 5. The van der Waals surface area contributed by atoms with Gasteiger partial charge in [0.15, 0.2) is 9.84 Å². The zero-order chi connectivity index (χ0) is 14.8. The lowest BCUT2D eigenvalue weighted by molar-refractivity contribution is -0.139. The first-order valence-corrected chi connectivity index (χ1v) is 8.29. The van der Waals surface area contributed by atoms with Crippen LogP contribution in [0.4, 0.5) is 0 Å². The average Bonchev–Trinajstić information content (AvgIpc) is 2.76. The van der Waals surface area contributed by atoms with Crippen molar-refractivity contribution in [2.45, 2.75) is 25.4 Å². The molecule has 1 fully saturated rings. The van der Waals surface area contributed by atoms with Crippen molar-refractivity contribution in [3.63, 3.8) is 0 Å². The molecule has 1 saturated heterocycles. The van der Waals surface area contributed by atoms with Crippen LogP contribution in [0.2, 0.25) is 0 Å². The normalized spacial score (nSPS) is 22.8. The lowest BCUT2D eigenvalue weighted by Gasteiger charge is -2.32. The van der Waals surface area contributed by atoms with Crippen LogP contribution in [0.5, 0.6) is 0 Å². The van der Waals surface area contributed by atoms with Gasteiger partial charge in [0.2, 0.25) is 0 Å². The van der Waals surface area contributed by atoms with E-state index < -0.39 is 15.8 Å². The maximum absolute atomic E-state index is 11.6. The van der Waals surface area contributed by atoms with Crippen LogP contribution in [0.15, 0.2) is 24.5 Å². The van der Waals surface area contributed by atoms with Gasteiger partial charge in [0.25, 0.3) is 0 Å². The Hall–Kier alpha value is -1.47. The summed E-state index contributed by atoms with van der Waals surface area (Å²) < 4.78 is 23.2. The molecule has 2 heterocycles. The smallest absolute Gasteiger partial charge is 0.317 e. The summed E-state index contributed by atoms with van der Waals surface area (Å²) in [5, 5.41) is 9.06. The third-order valence-corrected chi connectivity index (χ3v) is 5.41. The van der Waals surface area contributed by atoms with E-state index in [1.807, 2.05) is 13.0 Å². The quantitative estimate of drug-likeness (QED) is 0.861. The van der Waals surface area contributed by atoms with Crippen molar-refractivity contribution in [1.82, 2.24) is 9.88 Å². The Morgan fingerprint density at radius 1 is 1.60 bits per heavy atom. The number of rotatable bonds is 5. The summed E-state index contributed by atoms with van der Waals surface area (Å²) in [6.45, 7) is 1.71. The molecule has 6 nitrogen and oxygen atoms in total. The monoisotopic (exact) mass is 298 g/mol. The van der Waals surface area contributed by atoms with Crippen LogP contribution >= 0.6 is 0 Å². The van der Waals surface area contributed by atoms with E-state index in [9.17, 15) is 13.2 Å². The van der Waals surface area contributed by atoms with Crippen molar-refractivity contribution < 1.29 is 18.3 Å². The Balaban J connectivity index is 2.22. The van der Waals surface area contributed by atoms with Crippen molar-refractivity contribution in [3.8, 4) is 0 Å². The average molecular weight is 298 g/mol. The third kappa shape index (κ3) is 3.55. The SMILES string of the molecule is CC(c1cccnc1)N(CC(=O)O)C1CCS(=O)(=O)C1. The van der Waals surface area contributed by atoms with Crippen molar-refractivity contribution in [3.05, 3.63) is 30.1 Å². The van der Waals surface area contributed by atoms with E-state index in [0.717, 1.165) is 5.56 Å². The van der Waals surface area contributed by atoms with Crippen molar-refractivity contribution in [2.75, 3.05) is 18.1 Å². The molecule has 1 aliphatic rings. The van der Waals surface area contributed by atoms with Gasteiger partial charge in [-0.1, -0.05) is 6.07 Å². The second-order valence-corrected chi connectivity index (χ2v) is 7.31. The molecule has 2 rings (SSSR count). The molecule has 2 atom stereocenters. The van der Waals surface area contributed by atoms with E-state index in [1.54, 1.807) is 23.4 Å². The Labute approximate surface area is 118 Å². The molecule has 0 aliphatic carbocycles. The van der Waals surface area contributed by atoms with Crippen LogP contribution in [-0.2, 0) is 14.6 Å². The van der Waals surface area contributed by atoms with E-state index >= 15 is 0 Å². The zero-order valence-electron chi connectivity index (χ0n) is 11.3. The van der Waals surface area contributed by atoms with Gasteiger partial charge < -0.3 is 5.11 Å². The fourth-order valence-electron chi connectivity index (χ4n) is 2.59. The van der Waals surface area contributed by atoms with Crippen LogP contribution in [0.3, 0.4) is 0 Å². The van der Waals surface area contributed by atoms with E-state index in [0.29, 0.717) is 6.42 Å². The van der Waals surface area contributed by atoms with Gasteiger partial charge in [0.1, 0.15) is 0 Å². The molecule has 110 valence electrons. The first-order valence-electron chi connectivity index (χ1n) is 6.47. The standard InChI is InChI=1S/C13H18N2O4S/c1-10(11-3-2-5-14-7-11)15(8-13(16)17)12-4-6-20(18,19)9-12/h2-3,5,7,10,12H,4,6,8-9H2,1H3,(H,16,17). The maximum atomic E-state index is 11.6. The highest BCUT2D eigenvalue weighted by Crippen LogP contribution is 2.27. The van der Waals surface area contributed by atoms with Gasteiger partial charge in [-0.15, -0.1) is 0 Å². The number of carboxylic acid groups (broad SMARTS) is 1. The molecule has 0 bridgehead atoms. The lowest BCUT2D eigenvalue weighted by Crippen LogP contribution is -2.41. The molecule has 1 N–H and O–H groups in total. The van der Waals surface area contributed by atoms with Gasteiger partial charge in [0.05, 0.1) is 18.1 Å². The molecule has 1 aromatic rings. The second-order valence-electron chi connectivity index (χ2n) is 5.09. The minimum Gasteiger partial charge on any atom is -0.480 e. The summed E-state index contributed by atoms with van der Waals surface area (Å²) >= 11 is 0. The van der Waals surface area contributed by atoms with Crippen LogP contribution in [0, 0.1) is 0 Å². The first-order chi connectivity index (χ1) is 9.39. The molecule has 0 aromatic carbocycles. The zero-order valence-corrected chi connectivity index (χ0v) is 12.1. The molecule has 7 heteroatoms. The Morgan fingerprint density at radius 3 is 2.85 bits per heavy atom. The molecule has 1 aromatic heterocycles. The number of aliphatic carboxylic acids is 1. The van der Waals surface area contributed by atoms with E-state index in [2.05, 4.69) is 4.98 Å². The molecule has 0 saturated carbocycles. The third-order valence-electron chi connectivity index (χ3n) is 3.66. The molecule has 0 spiro atoms. The number of sulfone groups is 1. The first kappa shape index (κ1) is 14.9. The van der Waals surface area contributed by atoms with E-state index in [4.69, 9.17) is 5.11 Å². The predicted molar refractivity (Wildman–Crippen MR) is 74.1 cm³/mol. The summed E-state index contributed by atoms with van der Waals surface area (Å²) in [4.78, 5) is 16.8. The molecule has 20 heavy (non-hydrogen) atoms. The molecular weight excluding hydrogens is 280 g/mol. The predicted octanol–water partition coefficient (Wildman–Crippen LogP) is 0.716. The molecule has 1 aliphatic heterocycles. The molecular formula is C13H18N2O4S. The number of pyridine rings is 1. The lowest BCUT2D eigenvalue weighted by atomic mass is 10.1. The minimum absolute atomic E-state index is 0.0326. The second kappa shape index (κ2) is 5.88. The fourth-order valence-corrected chi connectivity index (χ4v) is 4.33. The van der Waals surface area contributed by atoms with Gasteiger partial charge in [0, 0.05) is 24.5 Å². The summed E-state index contributed by atoms with van der Waals surface area (Å²) in [6, 6.07) is 3.23. The summed E-state index contributed by atoms with van der Waals surface area (Å²) in [7, 11) is -3.04. The maximum Gasteiger partial charge on any atom is 0.317 e. The highest BCUT2D eigenvalue weighted by atomic mass is 32.2. The Bertz CT molecular complexity index is 573. The number of aromatic nitrogens is 1. The minimum atomic E-state index is -3.04. The largest absolute Gasteiger partial charge is 0.480 e. The molecule has 0 amide bonds. The fraction of sp³-hybridized carbons (Fsp3) is 0.538. The van der Waals surface area contributed by atoms with Gasteiger partial charge in [-0.05, 0) is 25.0 Å². The van der Waals surface area contributed by atoms with E-state index in [-0.39, 0.29) is 30.1 Å². The van der Waals surface area contributed by atoms with Gasteiger partial charge in [-0.3, -0.25) is 14.7 Å². The van der Waals surface area contributed by atoms with Crippen LogP contribution < -0.4 is 0 Å². The van der Waals surface area contributed by atoms with Crippen LogP contribution in [0.1, 0.15) is 24.9 Å². The highest BCUT2D eigenvalue weighted by Gasteiger charge is 2.35. The molecule has 2 unspecified atom stereocenters.